The molecule has 0 aliphatic carbocycles. The minimum absolute atomic E-state index is 0.180. The van der Waals surface area contributed by atoms with E-state index in [0.717, 1.165) is 26.2 Å². The SMILES string of the molecule is COC(=O)[C@@H](C)N1CCN(Cc2nc(C)no2)CC1. The highest BCUT2D eigenvalue weighted by Gasteiger charge is 2.26. The molecule has 1 saturated heterocycles. The molecule has 0 unspecified atom stereocenters. The quantitative estimate of drug-likeness (QED) is 0.715. The molecular weight excluding hydrogens is 248 g/mol. The molecule has 1 aromatic rings. The van der Waals surface area contributed by atoms with E-state index in [9.17, 15) is 4.79 Å². The van der Waals surface area contributed by atoms with E-state index < -0.39 is 0 Å². The van der Waals surface area contributed by atoms with E-state index in [-0.39, 0.29) is 12.0 Å². The van der Waals surface area contributed by atoms with E-state index in [1.165, 1.54) is 7.11 Å². The molecule has 1 aliphatic heterocycles. The number of piperazine rings is 1. The first-order valence-electron chi connectivity index (χ1n) is 6.43. The summed E-state index contributed by atoms with van der Waals surface area (Å²) in [4.78, 5) is 20.0. The Labute approximate surface area is 112 Å². The summed E-state index contributed by atoms with van der Waals surface area (Å²) in [6.45, 7) is 7.78. The molecule has 1 aliphatic rings. The van der Waals surface area contributed by atoms with E-state index in [0.29, 0.717) is 18.3 Å². The number of aryl methyl sites for hydroxylation is 1. The van der Waals surface area contributed by atoms with Gasteiger partial charge in [-0.2, -0.15) is 4.98 Å². The lowest BCUT2D eigenvalue weighted by Gasteiger charge is -2.36. The molecular formula is C12H20N4O3. The van der Waals surface area contributed by atoms with Gasteiger partial charge in [-0.3, -0.25) is 14.6 Å². The van der Waals surface area contributed by atoms with Crippen LogP contribution in [0.3, 0.4) is 0 Å². The molecule has 0 bridgehead atoms. The highest BCUT2D eigenvalue weighted by atomic mass is 16.5. The van der Waals surface area contributed by atoms with Gasteiger partial charge in [0.15, 0.2) is 5.82 Å². The fourth-order valence-electron chi connectivity index (χ4n) is 2.22. The molecule has 19 heavy (non-hydrogen) atoms. The van der Waals surface area contributed by atoms with Gasteiger partial charge in [0.25, 0.3) is 0 Å². The maximum atomic E-state index is 11.5. The number of carbonyl (C=O) groups excluding carboxylic acids is 1. The smallest absolute Gasteiger partial charge is 0.322 e. The standard InChI is InChI=1S/C12H20N4O3/c1-9(12(17)18-3)16-6-4-15(5-7-16)8-11-13-10(2)14-19-11/h9H,4-8H2,1-3H3/t9-/m1/s1. The molecule has 1 aromatic heterocycles. The largest absolute Gasteiger partial charge is 0.468 e. The summed E-state index contributed by atoms with van der Waals surface area (Å²) in [5.41, 5.74) is 0. The van der Waals surface area contributed by atoms with Crippen LogP contribution in [0.2, 0.25) is 0 Å². The van der Waals surface area contributed by atoms with E-state index in [4.69, 9.17) is 9.26 Å². The number of esters is 1. The van der Waals surface area contributed by atoms with Crippen LogP contribution in [0.25, 0.3) is 0 Å². The summed E-state index contributed by atoms with van der Waals surface area (Å²) in [6, 6.07) is -0.183. The van der Waals surface area contributed by atoms with E-state index in [1.54, 1.807) is 0 Å². The Balaban J connectivity index is 1.80. The fourth-order valence-corrected chi connectivity index (χ4v) is 2.22. The van der Waals surface area contributed by atoms with Crippen LogP contribution in [0.15, 0.2) is 4.52 Å². The van der Waals surface area contributed by atoms with Crippen molar-refractivity contribution < 1.29 is 14.1 Å². The predicted molar refractivity (Wildman–Crippen MR) is 67.4 cm³/mol. The van der Waals surface area contributed by atoms with Gasteiger partial charge >= 0.3 is 5.97 Å². The van der Waals surface area contributed by atoms with Crippen LogP contribution >= 0.6 is 0 Å². The Bertz CT molecular complexity index is 426. The fraction of sp³-hybridized carbons (Fsp3) is 0.750. The van der Waals surface area contributed by atoms with Crippen molar-refractivity contribution >= 4 is 5.97 Å². The number of aromatic nitrogens is 2. The molecule has 106 valence electrons. The normalized spacial score (nSPS) is 19.3. The van der Waals surface area contributed by atoms with Crippen LogP contribution in [0.4, 0.5) is 0 Å². The lowest BCUT2D eigenvalue weighted by atomic mass is 10.2. The minimum Gasteiger partial charge on any atom is -0.468 e. The maximum Gasteiger partial charge on any atom is 0.322 e. The van der Waals surface area contributed by atoms with Gasteiger partial charge in [-0.15, -0.1) is 0 Å². The lowest BCUT2D eigenvalue weighted by Crippen LogP contribution is -2.51. The number of nitrogens with zero attached hydrogens (tertiary/aromatic N) is 4. The third-order valence-electron chi connectivity index (χ3n) is 3.43. The van der Waals surface area contributed by atoms with Crippen LogP contribution in [-0.2, 0) is 16.1 Å². The van der Waals surface area contributed by atoms with Gasteiger partial charge in [-0.05, 0) is 13.8 Å². The van der Waals surface area contributed by atoms with Crippen LogP contribution in [0, 0.1) is 6.92 Å². The van der Waals surface area contributed by atoms with Crippen LogP contribution in [-0.4, -0.2) is 65.2 Å². The predicted octanol–water partition coefficient (Wildman–Crippen LogP) is 0.0571. The second-order valence-corrected chi connectivity index (χ2v) is 4.75. The molecule has 0 radical (unpaired) electrons. The molecule has 7 heteroatoms. The van der Waals surface area contributed by atoms with Crippen LogP contribution in [0.1, 0.15) is 18.6 Å². The molecule has 1 fully saturated rings. The Morgan fingerprint density at radius 1 is 1.42 bits per heavy atom. The first kappa shape index (κ1) is 14.0. The Hall–Kier alpha value is -1.47. The zero-order chi connectivity index (χ0) is 13.8. The van der Waals surface area contributed by atoms with Gasteiger partial charge in [0, 0.05) is 26.2 Å². The van der Waals surface area contributed by atoms with E-state index >= 15 is 0 Å². The molecule has 0 aromatic carbocycles. The highest BCUT2D eigenvalue weighted by molar-refractivity contribution is 5.75. The summed E-state index contributed by atoms with van der Waals surface area (Å²) in [7, 11) is 1.42. The Kier molecular flexibility index (Phi) is 4.49. The first-order valence-corrected chi connectivity index (χ1v) is 6.43. The Morgan fingerprint density at radius 3 is 2.63 bits per heavy atom. The van der Waals surface area contributed by atoms with Crippen molar-refractivity contribution in [2.45, 2.75) is 26.4 Å². The summed E-state index contributed by atoms with van der Waals surface area (Å²) in [5.74, 6) is 1.13. The zero-order valence-corrected chi connectivity index (χ0v) is 11.6. The van der Waals surface area contributed by atoms with Crippen molar-refractivity contribution in [3.63, 3.8) is 0 Å². The van der Waals surface area contributed by atoms with Crippen molar-refractivity contribution in [3.05, 3.63) is 11.7 Å². The molecule has 7 nitrogen and oxygen atoms in total. The van der Waals surface area contributed by atoms with Gasteiger partial charge in [0.2, 0.25) is 5.89 Å². The number of hydrogen-bond acceptors (Lipinski definition) is 7. The molecule has 0 N–H and O–H groups in total. The Morgan fingerprint density at radius 2 is 2.11 bits per heavy atom. The number of hydrogen-bond donors (Lipinski definition) is 0. The topological polar surface area (TPSA) is 71.7 Å². The molecule has 0 amide bonds. The van der Waals surface area contributed by atoms with Crippen LogP contribution in [0.5, 0.6) is 0 Å². The number of carbonyl (C=O) groups is 1. The zero-order valence-electron chi connectivity index (χ0n) is 11.6. The monoisotopic (exact) mass is 268 g/mol. The molecule has 0 saturated carbocycles. The van der Waals surface area contributed by atoms with Gasteiger partial charge < -0.3 is 9.26 Å². The summed E-state index contributed by atoms with van der Waals surface area (Å²) in [6.07, 6.45) is 0. The van der Waals surface area contributed by atoms with Gasteiger partial charge in [-0.1, -0.05) is 5.16 Å². The average Bonchev–Trinajstić information content (AvgIpc) is 2.83. The van der Waals surface area contributed by atoms with Crippen molar-refractivity contribution in [1.82, 2.24) is 19.9 Å². The third-order valence-corrected chi connectivity index (χ3v) is 3.43. The van der Waals surface area contributed by atoms with E-state index in [2.05, 4.69) is 19.9 Å². The molecule has 2 rings (SSSR count). The maximum absolute atomic E-state index is 11.5. The van der Waals surface area contributed by atoms with Gasteiger partial charge in [0.05, 0.1) is 13.7 Å². The van der Waals surface area contributed by atoms with Crippen LogP contribution < -0.4 is 0 Å². The van der Waals surface area contributed by atoms with Gasteiger partial charge in [0.1, 0.15) is 6.04 Å². The number of ether oxygens (including phenoxy) is 1. The summed E-state index contributed by atoms with van der Waals surface area (Å²) in [5, 5.41) is 3.78. The number of methoxy groups -OCH3 is 1. The average molecular weight is 268 g/mol. The minimum atomic E-state index is -0.183. The summed E-state index contributed by atoms with van der Waals surface area (Å²) < 4.78 is 9.87. The second-order valence-electron chi connectivity index (χ2n) is 4.75. The molecule has 2 heterocycles. The highest BCUT2D eigenvalue weighted by Crippen LogP contribution is 2.10. The van der Waals surface area contributed by atoms with Gasteiger partial charge in [-0.25, -0.2) is 0 Å². The van der Waals surface area contributed by atoms with Crippen molar-refractivity contribution in [2.75, 3.05) is 33.3 Å². The lowest BCUT2D eigenvalue weighted by molar-refractivity contribution is -0.147. The summed E-state index contributed by atoms with van der Waals surface area (Å²) >= 11 is 0. The van der Waals surface area contributed by atoms with E-state index in [1.807, 2.05) is 13.8 Å². The number of rotatable bonds is 4. The second kappa shape index (κ2) is 6.12. The van der Waals surface area contributed by atoms with Crippen molar-refractivity contribution in [3.8, 4) is 0 Å². The third kappa shape index (κ3) is 3.51. The molecule has 0 spiro atoms. The first-order chi connectivity index (χ1) is 9.10. The molecule has 1 atom stereocenters. The van der Waals surface area contributed by atoms with Crippen molar-refractivity contribution in [2.24, 2.45) is 0 Å². The van der Waals surface area contributed by atoms with Crippen molar-refractivity contribution in [1.29, 1.82) is 0 Å².